The number of hydrogen-bond acceptors (Lipinski definition) is 6. The van der Waals surface area contributed by atoms with Crippen molar-refractivity contribution >= 4 is 77.7 Å². The highest BCUT2D eigenvalue weighted by Gasteiger charge is 2.32. The summed E-state index contributed by atoms with van der Waals surface area (Å²) in [6, 6.07) is 15.7. The maximum atomic E-state index is 12.0. The number of amides is 2. The molecule has 1 N–H and O–H groups in total. The van der Waals surface area contributed by atoms with Gasteiger partial charge in [0, 0.05) is 86.6 Å². The van der Waals surface area contributed by atoms with E-state index in [-0.39, 0.29) is 17.7 Å². The molecule has 0 aliphatic carbocycles. The predicted molar refractivity (Wildman–Crippen MR) is 206 cm³/mol. The van der Waals surface area contributed by atoms with Crippen LogP contribution in [-0.2, 0) is 9.59 Å². The van der Waals surface area contributed by atoms with Crippen LogP contribution in [0.5, 0.6) is 0 Å². The Morgan fingerprint density at radius 2 is 1.41 bits per heavy atom. The second kappa shape index (κ2) is 23.7. The average molecular weight is 829 g/mol. The van der Waals surface area contributed by atoms with Crippen molar-refractivity contribution in [1.82, 2.24) is 19.8 Å². The molecule has 0 bridgehead atoms. The van der Waals surface area contributed by atoms with Crippen LogP contribution in [0.4, 0.5) is 5.69 Å². The molecular weight excluding hydrogens is 778 g/mol. The molecule has 2 amide bonds. The van der Waals surface area contributed by atoms with Gasteiger partial charge in [-0.05, 0) is 25.0 Å². The van der Waals surface area contributed by atoms with E-state index in [4.69, 9.17) is 0 Å². The maximum Gasteiger partial charge on any atom is 0.251 e. The van der Waals surface area contributed by atoms with E-state index in [1.165, 1.54) is 0 Å². The van der Waals surface area contributed by atoms with E-state index >= 15 is 0 Å². The van der Waals surface area contributed by atoms with Crippen LogP contribution in [0, 0.1) is 0 Å². The monoisotopic (exact) mass is 828 g/mol. The van der Waals surface area contributed by atoms with E-state index in [9.17, 15) is 9.59 Å². The Kier molecular flexibility index (Phi) is 22.3. The molecule has 2 aromatic carbocycles. The maximum absolute atomic E-state index is 12.0. The van der Waals surface area contributed by atoms with Crippen molar-refractivity contribution in [2.24, 2.45) is 4.99 Å². The summed E-state index contributed by atoms with van der Waals surface area (Å²) in [5, 5.41) is 4.08. The first-order valence-electron chi connectivity index (χ1n) is 15.5. The minimum Gasteiger partial charge on any atom is -0.346 e. The number of carbonyl (C=O) groups excluding carboxylic acids is 2. The molecule has 10 heteroatoms. The molecular formula is C34H50I2N6O2. The Labute approximate surface area is 288 Å². The van der Waals surface area contributed by atoms with Crippen molar-refractivity contribution in [3.8, 4) is 0 Å². The van der Waals surface area contributed by atoms with E-state index in [2.05, 4.69) is 57.5 Å². The summed E-state index contributed by atoms with van der Waals surface area (Å²) >= 11 is 4.24. The van der Waals surface area contributed by atoms with Gasteiger partial charge in [-0.25, -0.2) is 15.0 Å². The standard InChI is InChI=1S/2C13H13N3O.4C2H6.I2/c2*1-16-7-6-10(13(16)17)12-9-4-2-3-5-11(9)14-8-15-12;5*1-2/h2-5,8H,6-7H2,1H3,(H,14,15);2-5,8,10H,6-7H2,1H3;4*1-2H3;. The van der Waals surface area contributed by atoms with Gasteiger partial charge in [-0.2, -0.15) is 0 Å². The zero-order valence-corrected chi connectivity index (χ0v) is 32.3. The Morgan fingerprint density at radius 3 is 2.00 bits per heavy atom. The molecule has 2 saturated heterocycles. The first-order chi connectivity index (χ1) is 21.5. The molecule has 0 radical (unpaired) electrons. The third kappa shape index (κ3) is 10.8. The highest BCUT2D eigenvalue weighted by Crippen LogP contribution is 2.33. The summed E-state index contributed by atoms with van der Waals surface area (Å²) in [6.45, 7) is 17.6. The van der Waals surface area contributed by atoms with Crippen molar-refractivity contribution in [2.75, 3.05) is 32.5 Å². The third-order valence-corrected chi connectivity index (χ3v) is 6.52. The number of nitrogens with one attached hydrogen (secondary N) is 1. The normalized spacial score (nSPS) is 17.2. The van der Waals surface area contributed by atoms with Gasteiger partial charge in [-0.15, -0.1) is 0 Å². The van der Waals surface area contributed by atoms with Crippen LogP contribution in [0.25, 0.3) is 16.6 Å². The smallest absolute Gasteiger partial charge is 0.251 e. The third-order valence-electron chi connectivity index (χ3n) is 6.52. The average Bonchev–Trinajstić information content (AvgIpc) is 3.63. The molecule has 1 atom stereocenters. The lowest BCUT2D eigenvalue weighted by Gasteiger charge is -2.16. The number of fused-ring (bicyclic) bond motifs is 2. The van der Waals surface area contributed by atoms with Crippen LogP contribution >= 0.6 is 37.2 Å². The molecule has 4 heterocycles. The van der Waals surface area contributed by atoms with Gasteiger partial charge < -0.3 is 15.1 Å². The fourth-order valence-corrected chi connectivity index (χ4v) is 4.61. The van der Waals surface area contributed by atoms with Crippen molar-refractivity contribution in [3.05, 3.63) is 71.7 Å². The number of benzene rings is 2. The van der Waals surface area contributed by atoms with E-state index in [0.29, 0.717) is 0 Å². The van der Waals surface area contributed by atoms with Crippen LogP contribution in [-0.4, -0.2) is 65.1 Å². The quantitative estimate of drug-likeness (QED) is 0.195. The largest absolute Gasteiger partial charge is 0.346 e. The molecule has 8 nitrogen and oxygen atoms in total. The number of rotatable bonds is 1. The number of halogens is 2. The minimum absolute atomic E-state index is 0.0915. The van der Waals surface area contributed by atoms with Crippen LogP contribution in [0.1, 0.15) is 85.4 Å². The molecule has 0 saturated carbocycles. The van der Waals surface area contributed by atoms with E-state index < -0.39 is 0 Å². The lowest BCUT2D eigenvalue weighted by Crippen LogP contribution is -2.22. The van der Waals surface area contributed by atoms with Crippen molar-refractivity contribution in [2.45, 2.75) is 74.1 Å². The van der Waals surface area contributed by atoms with Gasteiger partial charge in [-0.1, -0.05) is 91.8 Å². The number of aliphatic imine (C=N–C) groups is 1. The van der Waals surface area contributed by atoms with Gasteiger partial charge in [0.2, 0.25) is 5.91 Å². The first-order valence-corrected chi connectivity index (χ1v) is 21.8. The first kappa shape index (κ1) is 41.4. The number of likely N-dealkylation sites (tertiary alicyclic amines) is 2. The summed E-state index contributed by atoms with van der Waals surface area (Å²) in [6.07, 6.45) is 4.81. The van der Waals surface area contributed by atoms with Crippen molar-refractivity contribution < 1.29 is 9.59 Å². The molecule has 0 spiro atoms. The minimum atomic E-state index is -0.104. The fourth-order valence-electron chi connectivity index (χ4n) is 4.61. The molecule has 3 aromatic rings. The Hall–Kier alpha value is -2.61. The Balaban J connectivity index is 0.000000656. The summed E-state index contributed by atoms with van der Waals surface area (Å²) in [4.78, 5) is 40.4. The predicted octanol–water partition coefficient (Wildman–Crippen LogP) is 9.17. The van der Waals surface area contributed by atoms with E-state index in [0.717, 1.165) is 65.0 Å². The number of para-hydroxylation sites is 2. The number of likely N-dealkylation sites (N-methyl/N-ethyl adjacent to an activating group) is 2. The van der Waals surface area contributed by atoms with Gasteiger partial charge in [-0.3, -0.25) is 9.59 Å². The SMILES string of the molecule is CC.CC.CC.CC.CN1CCC(=C2N=CNc3ccccc32)C1=O.CN1CCC(c2ncnc3ccccc23)C1=O.II. The number of aromatic nitrogens is 2. The molecule has 242 valence electrons. The van der Waals surface area contributed by atoms with Crippen LogP contribution in [0.3, 0.4) is 0 Å². The molecule has 1 aromatic heterocycles. The number of anilines is 1. The van der Waals surface area contributed by atoms with E-state index in [1.54, 1.807) is 22.5 Å². The molecule has 2 fully saturated rings. The van der Waals surface area contributed by atoms with Crippen molar-refractivity contribution in [3.63, 3.8) is 0 Å². The summed E-state index contributed by atoms with van der Waals surface area (Å²) in [7, 11) is 3.66. The fraction of sp³-hybridized carbons (Fsp3) is 0.441. The summed E-state index contributed by atoms with van der Waals surface area (Å²) in [5.41, 5.74) is 5.41. The number of hydrogen-bond donors (Lipinski definition) is 1. The number of carbonyl (C=O) groups is 2. The van der Waals surface area contributed by atoms with Gasteiger partial charge in [0.25, 0.3) is 5.91 Å². The summed E-state index contributed by atoms with van der Waals surface area (Å²) < 4.78 is 0. The zero-order valence-electron chi connectivity index (χ0n) is 28.0. The molecule has 3 aliphatic heterocycles. The molecule has 1 unspecified atom stereocenters. The van der Waals surface area contributed by atoms with Crippen LogP contribution in [0.2, 0.25) is 0 Å². The second-order valence-corrected chi connectivity index (χ2v) is 8.63. The van der Waals surface area contributed by atoms with E-state index in [1.807, 2.05) is 118 Å². The number of nitrogens with zero attached hydrogens (tertiary/aromatic N) is 5. The van der Waals surface area contributed by atoms with Crippen LogP contribution in [0.15, 0.2) is 65.4 Å². The van der Waals surface area contributed by atoms with Crippen molar-refractivity contribution in [1.29, 1.82) is 0 Å². The molecule has 6 rings (SSSR count). The van der Waals surface area contributed by atoms with Gasteiger partial charge in [0.1, 0.15) is 6.33 Å². The Bertz CT molecular complexity index is 1340. The molecule has 3 aliphatic rings. The summed E-state index contributed by atoms with van der Waals surface area (Å²) in [5.74, 6) is 0.149. The van der Waals surface area contributed by atoms with Gasteiger partial charge >= 0.3 is 0 Å². The highest BCUT2D eigenvalue weighted by atomic mass is 128. The topological polar surface area (TPSA) is 90.8 Å². The highest BCUT2D eigenvalue weighted by molar-refractivity contribution is 15.0. The van der Waals surface area contributed by atoms with Gasteiger partial charge in [0.05, 0.1) is 29.2 Å². The lowest BCUT2D eigenvalue weighted by molar-refractivity contribution is -0.127. The Morgan fingerprint density at radius 1 is 0.795 bits per heavy atom. The molecule has 44 heavy (non-hydrogen) atoms. The van der Waals surface area contributed by atoms with Crippen LogP contribution < -0.4 is 5.32 Å². The van der Waals surface area contributed by atoms with Gasteiger partial charge in [0.15, 0.2) is 0 Å². The lowest BCUT2D eigenvalue weighted by atomic mass is 9.99. The zero-order chi connectivity index (χ0) is 33.7. The second-order valence-electron chi connectivity index (χ2n) is 8.63.